The number of hydrogen-bond acceptors (Lipinski definition) is 2. The first-order chi connectivity index (χ1) is 6.29. The standard InChI is InChI=1S/C11H16O2/c12-4-3-11(13)7-10-6-8-1-2-9(10)5-8/h1-2,8-10,12H,3-7H2. The molecule has 2 bridgehead atoms. The lowest BCUT2D eigenvalue weighted by Gasteiger charge is -2.16. The average Bonchev–Trinajstić information content (AvgIpc) is 2.65. The summed E-state index contributed by atoms with van der Waals surface area (Å²) in [6.45, 7) is 0.00941. The average molecular weight is 180 g/mol. The van der Waals surface area contributed by atoms with E-state index < -0.39 is 0 Å². The van der Waals surface area contributed by atoms with Gasteiger partial charge in [0.05, 0.1) is 0 Å². The van der Waals surface area contributed by atoms with Crippen LogP contribution in [-0.2, 0) is 4.79 Å². The van der Waals surface area contributed by atoms with Crippen LogP contribution in [0.15, 0.2) is 12.2 Å². The summed E-state index contributed by atoms with van der Waals surface area (Å²) in [7, 11) is 0. The van der Waals surface area contributed by atoms with Gasteiger partial charge in [-0.25, -0.2) is 0 Å². The number of Topliss-reactive ketones (excluding diaryl/α,β-unsaturated/α-hetero) is 1. The lowest BCUT2D eigenvalue weighted by Crippen LogP contribution is -2.13. The van der Waals surface area contributed by atoms with E-state index in [4.69, 9.17) is 5.11 Å². The zero-order valence-electron chi connectivity index (χ0n) is 7.78. The van der Waals surface area contributed by atoms with Crippen LogP contribution in [0.5, 0.6) is 0 Å². The third kappa shape index (κ3) is 1.83. The van der Waals surface area contributed by atoms with Crippen molar-refractivity contribution < 1.29 is 9.90 Å². The fraction of sp³-hybridized carbons (Fsp3) is 0.727. The van der Waals surface area contributed by atoms with Gasteiger partial charge in [0.2, 0.25) is 0 Å². The number of rotatable bonds is 4. The first-order valence-corrected chi connectivity index (χ1v) is 5.10. The molecule has 1 N–H and O–H groups in total. The lowest BCUT2D eigenvalue weighted by molar-refractivity contribution is -0.120. The fourth-order valence-electron chi connectivity index (χ4n) is 2.65. The SMILES string of the molecule is O=C(CCO)CC1CC2C=CC1C2. The van der Waals surface area contributed by atoms with E-state index in [1.54, 1.807) is 0 Å². The Labute approximate surface area is 78.6 Å². The minimum Gasteiger partial charge on any atom is -0.396 e. The summed E-state index contributed by atoms with van der Waals surface area (Å²) in [5, 5.41) is 8.61. The van der Waals surface area contributed by atoms with Gasteiger partial charge in [0.25, 0.3) is 0 Å². The zero-order valence-corrected chi connectivity index (χ0v) is 7.78. The summed E-state index contributed by atoms with van der Waals surface area (Å²) in [4.78, 5) is 11.3. The van der Waals surface area contributed by atoms with Gasteiger partial charge in [-0.05, 0) is 30.6 Å². The molecule has 1 fully saturated rings. The summed E-state index contributed by atoms with van der Waals surface area (Å²) in [6, 6.07) is 0. The summed E-state index contributed by atoms with van der Waals surface area (Å²) in [5.74, 6) is 2.21. The van der Waals surface area contributed by atoms with Crippen LogP contribution in [0.3, 0.4) is 0 Å². The highest BCUT2D eigenvalue weighted by molar-refractivity contribution is 5.78. The van der Waals surface area contributed by atoms with Crippen molar-refractivity contribution >= 4 is 5.78 Å². The maximum atomic E-state index is 11.3. The molecule has 2 nitrogen and oxygen atoms in total. The molecule has 0 amide bonds. The van der Waals surface area contributed by atoms with Crippen LogP contribution >= 0.6 is 0 Å². The Morgan fingerprint density at radius 2 is 2.23 bits per heavy atom. The molecule has 0 saturated heterocycles. The second-order valence-electron chi connectivity index (χ2n) is 4.26. The Balaban J connectivity index is 1.83. The highest BCUT2D eigenvalue weighted by Crippen LogP contribution is 2.44. The molecule has 1 saturated carbocycles. The summed E-state index contributed by atoms with van der Waals surface area (Å²) >= 11 is 0. The first-order valence-electron chi connectivity index (χ1n) is 5.10. The van der Waals surface area contributed by atoms with Gasteiger partial charge in [-0.2, -0.15) is 0 Å². The van der Waals surface area contributed by atoms with Gasteiger partial charge in [-0.1, -0.05) is 12.2 Å². The maximum Gasteiger partial charge on any atom is 0.135 e. The van der Waals surface area contributed by atoms with Gasteiger partial charge in [0.1, 0.15) is 5.78 Å². The molecule has 3 atom stereocenters. The largest absolute Gasteiger partial charge is 0.396 e. The minimum absolute atomic E-state index is 0.00941. The van der Waals surface area contributed by atoms with E-state index in [9.17, 15) is 4.79 Å². The van der Waals surface area contributed by atoms with Crippen LogP contribution in [0.1, 0.15) is 25.7 Å². The molecule has 2 rings (SSSR count). The minimum atomic E-state index is 0.00941. The van der Waals surface area contributed by atoms with Crippen molar-refractivity contribution in [1.29, 1.82) is 0 Å². The Kier molecular flexibility index (Phi) is 2.49. The monoisotopic (exact) mass is 180 g/mol. The number of fused-ring (bicyclic) bond motifs is 2. The molecular formula is C11H16O2. The lowest BCUT2D eigenvalue weighted by atomic mass is 9.88. The molecule has 0 radical (unpaired) electrons. The first kappa shape index (κ1) is 8.95. The smallest absolute Gasteiger partial charge is 0.135 e. The third-order valence-corrected chi connectivity index (χ3v) is 3.30. The zero-order chi connectivity index (χ0) is 9.26. The Morgan fingerprint density at radius 1 is 1.38 bits per heavy atom. The van der Waals surface area contributed by atoms with Crippen LogP contribution in [-0.4, -0.2) is 17.5 Å². The van der Waals surface area contributed by atoms with Crippen LogP contribution < -0.4 is 0 Å². The molecule has 3 unspecified atom stereocenters. The molecule has 0 aromatic heterocycles. The van der Waals surface area contributed by atoms with Gasteiger partial charge >= 0.3 is 0 Å². The van der Waals surface area contributed by atoms with Crippen LogP contribution in [0, 0.1) is 17.8 Å². The van der Waals surface area contributed by atoms with Gasteiger partial charge in [-0.3, -0.25) is 4.79 Å². The molecule has 13 heavy (non-hydrogen) atoms. The van der Waals surface area contributed by atoms with Crippen molar-refractivity contribution in [3.8, 4) is 0 Å². The second-order valence-corrected chi connectivity index (χ2v) is 4.26. The number of allylic oxidation sites excluding steroid dienone is 2. The Hall–Kier alpha value is -0.630. The number of ketones is 1. The molecule has 0 aromatic carbocycles. The number of carbonyl (C=O) groups excluding carboxylic acids is 1. The molecule has 0 aliphatic heterocycles. The molecule has 2 heteroatoms. The Morgan fingerprint density at radius 3 is 2.77 bits per heavy atom. The topological polar surface area (TPSA) is 37.3 Å². The molecule has 0 heterocycles. The highest BCUT2D eigenvalue weighted by Gasteiger charge is 2.36. The van der Waals surface area contributed by atoms with E-state index in [2.05, 4.69) is 12.2 Å². The molecule has 0 aromatic rings. The van der Waals surface area contributed by atoms with Gasteiger partial charge in [-0.15, -0.1) is 0 Å². The van der Waals surface area contributed by atoms with Gasteiger partial charge in [0, 0.05) is 19.4 Å². The van der Waals surface area contributed by atoms with Crippen molar-refractivity contribution in [1.82, 2.24) is 0 Å². The van der Waals surface area contributed by atoms with E-state index in [1.807, 2.05) is 0 Å². The number of aliphatic hydroxyl groups excluding tert-OH is 1. The maximum absolute atomic E-state index is 11.3. The van der Waals surface area contributed by atoms with E-state index >= 15 is 0 Å². The molecule has 2 aliphatic carbocycles. The summed E-state index contributed by atoms with van der Waals surface area (Å²) in [6.07, 6.45) is 8.04. The van der Waals surface area contributed by atoms with E-state index in [0.29, 0.717) is 24.7 Å². The van der Waals surface area contributed by atoms with E-state index in [-0.39, 0.29) is 12.4 Å². The van der Waals surface area contributed by atoms with E-state index in [0.717, 1.165) is 5.92 Å². The molecule has 0 spiro atoms. The summed E-state index contributed by atoms with van der Waals surface area (Å²) < 4.78 is 0. The van der Waals surface area contributed by atoms with Crippen molar-refractivity contribution in [3.63, 3.8) is 0 Å². The van der Waals surface area contributed by atoms with E-state index in [1.165, 1.54) is 12.8 Å². The van der Waals surface area contributed by atoms with Crippen LogP contribution in [0.2, 0.25) is 0 Å². The number of carbonyl (C=O) groups is 1. The predicted octanol–water partition coefficient (Wildman–Crippen LogP) is 1.54. The van der Waals surface area contributed by atoms with Gasteiger partial charge in [0.15, 0.2) is 0 Å². The third-order valence-electron chi connectivity index (χ3n) is 3.30. The second kappa shape index (κ2) is 3.62. The van der Waals surface area contributed by atoms with Crippen molar-refractivity contribution in [2.24, 2.45) is 17.8 Å². The highest BCUT2D eigenvalue weighted by atomic mass is 16.3. The van der Waals surface area contributed by atoms with Crippen molar-refractivity contribution in [2.75, 3.05) is 6.61 Å². The molecule has 72 valence electrons. The fourth-order valence-corrected chi connectivity index (χ4v) is 2.65. The summed E-state index contributed by atoms with van der Waals surface area (Å²) in [5.41, 5.74) is 0. The normalized spacial score (nSPS) is 35.6. The Bertz CT molecular complexity index is 232. The van der Waals surface area contributed by atoms with Crippen molar-refractivity contribution in [3.05, 3.63) is 12.2 Å². The van der Waals surface area contributed by atoms with Crippen molar-refractivity contribution in [2.45, 2.75) is 25.7 Å². The number of aliphatic hydroxyl groups is 1. The van der Waals surface area contributed by atoms with Crippen LogP contribution in [0.25, 0.3) is 0 Å². The molecule has 2 aliphatic rings. The predicted molar refractivity (Wildman–Crippen MR) is 50.2 cm³/mol. The number of hydrogen-bond donors (Lipinski definition) is 1. The quantitative estimate of drug-likeness (QED) is 0.666. The molecular weight excluding hydrogens is 164 g/mol. The van der Waals surface area contributed by atoms with Crippen LogP contribution in [0.4, 0.5) is 0 Å². The van der Waals surface area contributed by atoms with Gasteiger partial charge < -0.3 is 5.11 Å².